The first kappa shape index (κ1) is 14.7. The predicted molar refractivity (Wildman–Crippen MR) is 78.8 cm³/mol. The largest absolute Gasteiger partial charge is 0.325 e. The van der Waals surface area contributed by atoms with Crippen LogP contribution in [0, 0.1) is 0 Å². The Kier molecular flexibility index (Phi) is 4.85. The third-order valence-electron chi connectivity index (χ3n) is 3.37. The summed E-state index contributed by atoms with van der Waals surface area (Å²) < 4.78 is 26.0. The molecule has 20 heavy (non-hydrogen) atoms. The van der Waals surface area contributed by atoms with E-state index in [1.807, 2.05) is 42.5 Å². The first-order valence-electron chi connectivity index (χ1n) is 6.83. The number of alkyl halides is 2. The lowest BCUT2D eigenvalue weighted by molar-refractivity contribution is 0.000358. The van der Waals surface area contributed by atoms with Crippen LogP contribution in [0.2, 0.25) is 0 Å². The Morgan fingerprint density at radius 3 is 2.05 bits per heavy atom. The highest BCUT2D eigenvalue weighted by atomic mass is 19.3. The minimum atomic E-state index is -2.73. The molecule has 2 rings (SSSR count). The molecule has 0 amide bonds. The highest BCUT2D eigenvalue weighted by Gasteiger charge is 2.25. The van der Waals surface area contributed by atoms with Crippen LogP contribution in [0.15, 0.2) is 54.6 Å². The van der Waals surface area contributed by atoms with Gasteiger partial charge in [0.1, 0.15) is 0 Å². The number of rotatable bonds is 6. The SMILES string of the molecule is NCC(F)(F)CCCc1ccc(-c2ccccc2)cc1. The molecule has 0 radical (unpaired) electrons. The van der Waals surface area contributed by atoms with Crippen LogP contribution in [0.1, 0.15) is 18.4 Å². The molecule has 0 bridgehead atoms. The fourth-order valence-corrected chi connectivity index (χ4v) is 2.15. The highest BCUT2D eigenvalue weighted by Crippen LogP contribution is 2.22. The van der Waals surface area contributed by atoms with Gasteiger partial charge in [-0.2, -0.15) is 0 Å². The van der Waals surface area contributed by atoms with Crippen molar-refractivity contribution in [3.8, 4) is 11.1 Å². The van der Waals surface area contributed by atoms with Gasteiger partial charge in [0.15, 0.2) is 0 Å². The molecule has 0 aliphatic rings. The van der Waals surface area contributed by atoms with Crippen LogP contribution in [0.5, 0.6) is 0 Å². The maximum atomic E-state index is 13.0. The Balaban J connectivity index is 1.92. The molecule has 0 saturated heterocycles. The molecule has 2 aromatic rings. The zero-order chi connectivity index (χ0) is 14.4. The van der Waals surface area contributed by atoms with Gasteiger partial charge in [-0.3, -0.25) is 0 Å². The average molecular weight is 275 g/mol. The van der Waals surface area contributed by atoms with Gasteiger partial charge >= 0.3 is 0 Å². The zero-order valence-corrected chi connectivity index (χ0v) is 11.4. The topological polar surface area (TPSA) is 26.0 Å². The van der Waals surface area contributed by atoms with Gasteiger partial charge in [-0.25, -0.2) is 8.78 Å². The molecule has 0 unspecified atom stereocenters. The van der Waals surface area contributed by atoms with Crippen molar-refractivity contribution in [3.05, 3.63) is 60.2 Å². The normalized spacial score (nSPS) is 11.6. The number of halogens is 2. The molecule has 0 aliphatic carbocycles. The summed E-state index contributed by atoms with van der Waals surface area (Å²) in [5, 5.41) is 0. The number of benzene rings is 2. The summed E-state index contributed by atoms with van der Waals surface area (Å²) in [5.74, 6) is -2.73. The van der Waals surface area contributed by atoms with Gasteiger partial charge in [0, 0.05) is 6.42 Å². The second-order valence-corrected chi connectivity index (χ2v) is 4.98. The van der Waals surface area contributed by atoms with Crippen molar-refractivity contribution in [1.29, 1.82) is 0 Å². The predicted octanol–water partition coefficient (Wildman–Crippen LogP) is 4.27. The Labute approximate surface area is 118 Å². The molecule has 106 valence electrons. The zero-order valence-electron chi connectivity index (χ0n) is 11.4. The Bertz CT molecular complexity index is 520. The summed E-state index contributed by atoms with van der Waals surface area (Å²) >= 11 is 0. The highest BCUT2D eigenvalue weighted by molar-refractivity contribution is 5.63. The van der Waals surface area contributed by atoms with E-state index in [0.717, 1.165) is 16.7 Å². The van der Waals surface area contributed by atoms with Crippen LogP contribution >= 0.6 is 0 Å². The second-order valence-electron chi connectivity index (χ2n) is 4.98. The summed E-state index contributed by atoms with van der Waals surface area (Å²) in [7, 11) is 0. The fraction of sp³-hybridized carbons (Fsp3) is 0.294. The van der Waals surface area contributed by atoms with Gasteiger partial charge in [0.25, 0.3) is 5.92 Å². The minimum Gasteiger partial charge on any atom is -0.325 e. The molecule has 0 aromatic heterocycles. The molecule has 2 aromatic carbocycles. The van der Waals surface area contributed by atoms with Gasteiger partial charge in [-0.05, 0) is 29.5 Å². The fourth-order valence-electron chi connectivity index (χ4n) is 2.15. The van der Waals surface area contributed by atoms with E-state index in [-0.39, 0.29) is 6.42 Å². The maximum Gasteiger partial charge on any atom is 0.260 e. The van der Waals surface area contributed by atoms with Gasteiger partial charge in [-0.1, -0.05) is 54.6 Å². The van der Waals surface area contributed by atoms with Crippen molar-refractivity contribution < 1.29 is 8.78 Å². The lowest BCUT2D eigenvalue weighted by Crippen LogP contribution is -2.27. The monoisotopic (exact) mass is 275 g/mol. The summed E-state index contributed by atoms with van der Waals surface area (Å²) in [4.78, 5) is 0. The maximum absolute atomic E-state index is 13.0. The Morgan fingerprint density at radius 2 is 1.45 bits per heavy atom. The van der Waals surface area contributed by atoms with Crippen molar-refractivity contribution in [2.75, 3.05) is 6.54 Å². The lowest BCUT2D eigenvalue weighted by atomic mass is 10.0. The molecule has 1 nitrogen and oxygen atoms in total. The molecule has 0 atom stereocenters. The van der Waals surface area contributed by atoms with Crippen LogP contribution in [-0.2, 0) is 6.42 Å². The first-order chi connectivity index (χ1) is 9.61. The van der Waals surface area contributed by atoms with Crippen molar-refractivity contribution in [2.45, 2.75) is 25.2 Å². The van der Waals surface area contributed by atoms with Gasteiger partial charge in [-0.15, -0.1) is 0 Å². The minimum absolute atomic E-state index is 0.149. The van der Waals surface area contributed by atoms with E-state index in [9.17, 15) is 8.78 Å². The van der Waals surface area contributed by atoms with Gasteiger partial charge in [0.05, 0.1) is 6.54 Å². The lowest BCUT2D eigenvalue weighted by Gasteiger charge is -2.13. The van der Waals surface area contributed by atoms with E-state index in [2.05, 4.69) is 12.1 Å². The van der Waals surface area contributed by atoms with E-state index < -0.39 is 12.5 Å². The van der Waals surface area contributed by atoms with Crippen LogP contribution in [0.25, 0.3) is 11.1 Å². The molecule has 0 spiro atoms. The molecular formula is C17H19F2N. The van der Waals surface area contributed by atoms with Crippen molar-refractivity contribution in [3.63, 3.8) is 0 Å². The summed E-state index contributed by atoms with van der Waals surface area (Å²) in [6.45, 7) is -0.569. The van der Waals surface area contributed by atoms with Gasteiger partial charge < -0.3 is 5.73 Å². The van der Waals surface area contributed by atoms with Gasteiger partial charge in [0.2, 0.25) is 0 Å². The third kappa shape index (κ3) is 4.14. The van der Waals surface area contributed by atoms with Crippen molar-refractivity contribution in [2.24, 2.45) is 5.73 Å². The first-order valence-corrected chi connectivity index (χ1v) is 6.83. The molecule has 0 fully saturated rings. The molecular weight excluding hydrogens is 256 g/mol. The van der Waals surface area contributed by atoms with E-state index in [1.54, 1.807) is 0 Å². The molecule has 0 saturated carbocycles. The summed E-state index contributed by atoms with van der Waals surface area (Å²) in [6, 6.07) is 18.2. The third-order valence-corrected chi connectivity index (χ3v) is 3.37. The summed E-state index contributed by atoms with van der Waals surface area (Å²) in [6.07, 6.45) is 0.962. The van der Waals surface area contributed by atoms with E-state index in [0.29, 0.717) is 12.8 Å². The Hall–Kier alpha value is -1.74. The van der Waals surface area contributed by atoms with Crippen LogP contribution in [0.3, 0.4) is 0 Å². The number of hydrogen-bond acceptors (Lipinski definition) is 1. The average Bonchev–Trinajstić information content (AvgIpc) is 2.49. The van der Waals surface area contributed by atoms with E-state index >= 15 is 0 Å². The molecule has 0 heterocycles. The number of aryl methyl sites for hydroxylation is 1. The van der Waals surface area contributed by atoms with Crippen LogP contribution in [0.4, 0.5) is 8.78 Å². The number of hydrogen-bond donors (Lipinski definition) is 1. The molecule has 2 N–H and O–H groups in total. The smallest absolute Gasteiger partial charge is 0.260 e. The molecule has 3 heteroatoms. The second kappa shape index (κ2) is 6.62. The quantitative estimate of drug-likeness (QED) is 0.837. The van der Waals surface area contributed by atoms with Crippen molar-refractivity contribution >= 4 is 0 Å². The van der Waals surface area contributed by atoms with E-state index in [1.165, 1.54) is 0 Å². The Morgan fingerprint density at radius 1 is 0.850 bits per heavy atom. The van der Waals surface area contributed by atoms with Crippen LogP contribution in [-0.4, -0.2) is 12.5 Å². The van der Waals surface area contributed by atoms with E-state index in [4.69, 9.17) is 5.73 Å². The standard InChI is InChI=1S/C17H19F2N/c18-17(19,13-20)12-4-5-14-8-10-16(11-9-14)15-6-2-1-3-7-15/h1-3,6-11H,4-5,12-13,20H2. The molecule has 0 aliphatic heterocycles. The van der Waals surface area contributed by atoms with Crippen LogP contribution < -0.4 is 5.73 Å². The van der Waals surface area contributed by atoms with Crippen molar-refractivity contribution in [1.82, 2.24) is 0 Å². The summed E-state index contributed by atoms with van der Waals surface area (Å²) in [5.41, 5.74) is 8.40. The number of nitrogens with two attached hydrogens (primary N) is 1.